The molecule has 0 radical (unpaired) electrons. The number of aliphatic hydroxyl groups excluding tert-OH is 1. The van der Waals surface area contributed by atoms with E-state index in [0.29, 0.717) is 12.3 Å². The van der Waals surface area contributed by atoms with Crippen LogP contribution in [-0.2, 0) is 0 Å². The zero-order valence-electron chi connectivity index (χ0n) is 6.02. The maximum absolute atomic E-state index is 12.5. The van der Waals surface area contributed by atoms with Gasteiger partial charge in [0.1, 0.15) is 6.17 Å². The Morgan fingerprint density at radius 2 is 2.00 bits per heavy atom. The first-order valence-electron chi connectivity index (χ1n) is 3.62. The van der Waals surface area contributed by atoms with Gasteiger partial charge in [0, 0.05) is 18.9 Å². The van der Waals surface area contributed by atoms with E-state index < -0.39 is 6.17 Å². The van der Waals surface area contributed by atoms with Crippen molar-refractivity contribution in [3.8, 4) is 0 Å². The lowest BCUT2D eigenvalue weighted by atomic mass is 10.1. The van der Waals surface area contributed by atoms with Crippen LogP contribution in [0.15, 0.2) is 0 Å². The average Bonchev–Trinajstić information content (AvgIpc) is 1.89. The Morgan fingerprint density at radius 3 is 2.50 bits per heavy atom. The molecular weight excluding hydrogens is 155 g/mol. The third-order valence-electron chi connectivity index (χ3n) is 1.34. The van der Waals surface area contributed by atoms with Gasteiger partial charge < -0.3 is 5.11 Å². The summed E-state index contributed by atoms with van der Waals surface area (Å²) in [5.74, 6) is 0.603. The fourth-order valence-electron chi connectivity index (χ4n) is 0.745. The highest BCUT2D eigenvalue weighted by Crippen LogP contribution is 2.08. The third kappa shape index (κ3) is 6.30. The van der Waals surface area contributed by atoms with Gasteiger partial charge in [-0.05, 0) is 19.3 Å². The van der Waals surface area contributed by atoms with E-state index in [1.54, 1.807) is 0 Å². The molecule has 0 saturated carbocycles. The van der Waals surface area contributed by atoms with Gasteiger partial charge in [0.15, 0.2) is 0 Å². The molecule has 0 rings (SSSR count). The molecule has 3 heteroatoms. The summed E-state index contributed by atoms with van der Waals surface area (Å²) < 4.78 is 12.5. The predicted molar refractivity (Wildman–Crippen MR) is 41.2 cm³/mol. The molecule has 0 aromatic carbocycles. The minimum Gasteiger partial charge on any atom is -0.396 e. The zero-order valence-corrected chi connectivity index (χ0v) is 6.78. The predicted octanol–water partition coefficient (Wildman–Crippen LogP) is 2.12. The Bertz CT molecular complexity index is 70.6. The third-order valence-corrected chi connectivity index (χ3v) is 1.61. The van der Waals surface area contributed by atoms with E-state index in [4.69, 9.17) is 16.7 Å². The summed E-state index contributed by atoms with van der Waals surface area (Å²) in [6.07, 6.45) is 1.65. The molecule has 1 unspecified atom stereocenters. The minimum atomic E-state index is -0.840. The van der Waals surface area contributed by atoms with Crippen LogP contribution in [0.4, 0.5) is 4.39 Å². The van der Waals surface area contributed by atoms with E-state index in [-0.39, 0.29) is 13.0 Å². The molecule has 0 aromatic heterocycles. The van der Waals surface area contributed by atoms with Gasteiger partial charge >= 0.3 is 0 Å². The van der Waals surface area contributed by atoms with Crippen molar-refractivity contribution in [2.75, 3.05) is 12.5 Å². The molecule has 1 nitrogen and oxygen atoms in total. The van der Waals surface area contributed by atoms with Crippen molar-refractivity contribution in [1.82, 2.24) is 0 Å². The maximum atomic E-state index is 12.5. The monoisotopic (exact) mass is 168 g/mol. The van der Waals surface area contributed by atoms with Crippen molar-refractivity contribution in [3.63, 3.8) is 0 Å². The van der Waals surface area contributed by atoms with Crippen molar-refractivity contribution >= 4 is 11.6 Å². The summed E-state index contributed by atoms with van der Waals surface area (Å²) in [4.78, 5) is 0. The van der Waals surface area contributed by atoms with E-state index >= 15 is 0 Å². The van der Waals surface area contributed by atoms with E-state index in [2.05, 4.69) is 0 Å². The maximum Gasteiger partial charge on any atom is 0.102 e. The van der Waals surface area contributed by atoms with Crippen LogP contribution in [-0.4, -0.2) is 23.8 Å². The molecule has 0 spiro atoms. The molecule has 0 aliphatic heterocycles. The quantitative estimate of drug-likeness (QED) is 0.476. The van der Waals surface area contributed by atoms with Crippen LogP contribution in [0.5, 0.6) is 0 Å². The fourth-order valence-corrected chi connectivity index (χ4v) is 0.934. The second-order valence-electron chi connectivity index (χ2n) is 2.29. The van der Waals surface area contributed by atoms with E-state index in [1.807, 2.05) is 0 Å². The molecule has 0 aliphatic rings. The van der Waals surface area contributed by atoms with Gasteiger partial charge in [-0.15, -0.1) is 11.6 Å². The molecule has 0 aromatic rings. The van der Waals surface area contributed by atoms with Gasteiger partial charge in [-0.2, -0.15) is 0 Å². The zero-order chi connectivity index (χ0) is 7.82. The largest absolute Gasteiger partial charge is 0.396 e. The van der Waals surface area contributed by atoms with Gasteiger partial charge in [0.05, 0.1) is 0 Å². The molecule has 0 saturated heterocycles. The second-order valence-corrected chi connectivity index (χ2v) is 2.67. The minimum absolute atomic E-state index is 0.0535. The highest BCUT2D eigenvalue weighted by Gasteiger charge is 2.03. The van der Waals surface area contributed by atoms with Crippen molar-refractivity contribution in [2.24, 2.45) is 0 Å². The van der Waals surface area contributed by atoms with E-state index in [0.717, 1.165) is 12.8 Å². The molecule has 0 aliphatic carbocycles. The van der Waals surface area contributed by atoms with Crippen LogP contribution in [0.2, 0.25) is 0 Å². The van der Waals surface area contributed by atoms with Crippen molar-refractivity contribution in [1.29, 1.82) is 0 Å². The molecule has 0 amide bonds. The lowest BCUT2D eigenvalue weighted by Crippen LogP contribution is -2.02. The number of rotatable bonds is 6. The molecule has 10 heavy (non-hydrogen) atoms. The first-order valence-corrected chi connectivity index (χ1v) is 4.15. The van der Waals surface area contributed by atoms with Gasteiger partial charge in [-0.3, -0.25) is 0 Å². The number of unbranched alkanes of at least 4 members (excludes halogenated alkanes) is 1. The van der Waals surface area contributed by atoms with Gasteiger partial charge in [0.25, 0.3) is 0 Å². The van der Waals surface area contributed by atoms with Crippen molar-refractivity contribution in [3.05, 3.63) is 0 Å². The van der Waals surface area contributed by atoms with Crippen LogP contribution in [0, 0.1) is 0 Å². The van der Waals surface area contributed by atoms with Crippen LogP contribution in [0.25, 0.3) is 0 Å². The SMILES string of the molecule is OCCC(F)CCCCCl. The van der Waals surface area contributed by atoms with Crippen LogP contribution >= 0.6 is 11.6 Å². The summed E-state index contributed by atoms with van der Waals surface area (Å²) in [6, 6.07) is 0. The number of aliphatic hydroxyl groups is 1. The number of hydrogen-bond donors (Lipinski definition) is 1. The molecule has 62 valence electrons. The highest BCUT2D eigenvalue weighted by molar-refractivity contribution is 6.17. The topological polar surface area (TPSA) is 20.2 Å². The van der Waals surface area contributed by atoms with Gasteiger partial charge in [-0.1, -0.05) is 0 Å². The Labute approximate surface area is 66.2 Å². The van der Waals surface area contributed by atoms with Crippen molar-refractivity contribution in [2.45, 2.75) is 31.9 Å². The first-order chi connectivity index (χ1) is 4.81. The van der Waals surface area contributed by atoms with E-state index in [9.17, 15) is 4.39 Å². The highest BCUT2D eigenvalue weighted by atomic mass is 35.5. The van der Waals surface area contributed by atoms with Gasteiger partial charge in [0.2, 0.25) is 0 Å². The average molecular weight is 169 g/mol. The number of hydrogen-bond acceptors (Lipinski definition) is 1. The summed E-state index contributed by atoms with van der Waals surface area (Å²) in [7, 11) is 0. The number of halogens is 2. The fraction of sp³-hybridized carbons (Fsp3) is 1.00. The lowest BCUT2D eigenvalue weighted by molar-refractivity contribution is 0.210. The Hall–Kier alpha value is 0.180. The Kier molecular flexibility index (Phi) is 7.42. The van der Waals surface area contributed by atoms with Crippen LogP contribution in [0.3, 0.4) is 0 Å². The number of alkyl halides is 2. The van der Waals surface area contributed by atoms with E-state index in [1.165, 1.54) is 0 Å². The molecule has 0 fully saturated rings. The first kappa shape index (κ1) is 10.2. The summed E-state index contributed by atoms with van der Waals surface area (Å²) in [5.41, 5.74) is 0. The second kappa shape index (κ2) is 7.29. The summed E-state index contributed by atoms with van der Waals surface area (Å²) >= 11 is 5.39. The lowest BCUT2D eigenvalue weighted by Gasteiger charge is -2.03. The van der Waals surface area contributed by atoms with Crippen LogP contribution in [0.1, 0.15) is 25.7 Å². The Balaban J connectivity index is 2.97. The van der Waals surface area contributed by atoms with Crippen LogP contribution < -0.4 is 0 Å². The molecule has 0 bridgehead atoms. The normalized spacial score (nSPS) is 13.5. The summed E-state index contributed by atoms with van der Waals surface area (Å²) in [5, 5.41) is 8.33. The smallest absolute Gasteiger partial charge is 0.102 e. The summed E-state index contributed by atoms with van der Waals surface area (Å²) in [6.45, 7) is -0.0535. The Morgan fingerprint density at radius 1 is 1.30 bits per heavy atom. The molecular formula is C7H14ClFO. The molecule has 0 heterocycles. The molecule has 1 N–H and O–H groups in total. The van der Waals surface area contributed by atoms with Crippen molar-refractivity contribution < 1.29 is 9.50 Å². The standard InChI is InChI=1S/C7H14ClFO/c8-5-2-1-3-7(9)4-6-10/h7,10H,1-6H2. The molecule has 1 atom stereocenters. The van der Waals surface area contributed by atoms with Gasteiger partial charge in [-0.25, -0.2) is 4.39 Å².